The van der Waals surface area contributed by atoms with E-state index in [2.05, 4.69) is 4.98 Å². The molecule has 1 aromatic heterocycles. The second kappa shape index (κ2) is 8.22. The number of hydrogen-bond donors (Lipinski definition) is 0. The van der Waals surface area contributed by atoms with Gasteiger partial charge in [0.1, 0.15) is 0 Å². The van der Waals surface area contributed by atoms with Crippen LogP contribution in [0.5, 0.6) is 0 Å². The summed E-state index contributed by atoms with van der Waals surface area (Å²) >= 11 is 12.2. The van der Waals surface area contributed by atoms with Crippen molar-refractivity contribution in [1.82, 2.24) is 4.98 Å². The summed E-state index contributed by atoms with van der Waals surface area (Å²) in [6.45, 7) is -0.405. The fraction of sp³-hybridized carbons (Fsp3) is 0.105. The SMILES string of the molecule is O=S(=O)(c1ccccc1)N(Cc1ncc(C(F)(F)F)cc1Cl)c1ccccc1Cl. The van der Waals surface area contributed by atoms with Crippen LogP contribution in [-0.4, -0.2) is 13.4 Å². The van der Waals surface area contributed by atoms with Crippen LogP contribution in [0.15, 0.2) is 71.8 Å². The third kappa shape index (κ3) is 4.66. The molecule has 3 aromatic rings. The van der Waals surface area contributed by atoms with E-state index in [0.717, 1.165) is 4.31 Å². The molecule has 0 saturated heterocycles. The Labute approximate surface area is 175 Å². The molecule has 0 fully saturated rings. The minimum absolute atomic E-state index is 0.0112. The van der Waals surface area contributed by atoms with E-state index in [4.69, 9.17) is 23.2 Å². The van der Waals surface area contributed by atoms with Crippen molar-refractivity contribution in [1.29, 1.82) is 0 Å². The number of nitrogens with zero attached hydrogens (tertiary/aromatic N) is 2. The number of halogens is 5. The van der Waals surface area contributed by atoms with Gasteiger partial charge in [0.25, 0.3) is 10.0 Å². The smallest absolute Gasteiger partial charge is 0.259 e. The first kappa shape index (κ1) is 21.4. The lowest BCUT2D eigenvalue weighted by atomic mass is 10.2. The first-order chi connectivity index (χ1) is 13.6. The number of hydrogen-bond acceptors (Lipinski definition) is 3. The zero-order valence-electron chi connectivity index (χ0n) is 14.6. The molecule has 4 nitrogen and oxygen atoms in total. The molecule has 10 heteroatoms. The summed E-state index contributed by atoms with van der Waals surface area (Å²) in [6.07, 6.45) is -4.01. The Kier molecular flexibility index (Phi) is 6.07. The molecule has 0 bridgehead atoms. The number of aromatic nitrogens is 1. The highest BCUT2D eigenvalue weighted by Crippen LogP contribution is 2.34. The number of anilines is 1. The highest BCUT2D eigenvalue weighted by Gasteiger charge is 2.33. The lowest BCUT2D eigenvalue weighted by molar-refractivity contribution is -0.137. The van der Waals surface area contributed by atoms with Gasteiger partial charge in [-0.2, -0.15) is 13.2 Å². The highest BCUT2D eigenvalue weighted by molar-refractivity contribution is 7.92. The van der Waals surface area contributed by atoms with Gasteiger partial charge in [0.05, 0.1) is 38.4 Å². The lowest BCUT2D eigenvalue weighted by Gasteiger charge is -2.25. The second-order valence-corrected chi connectivity index (χ2v) is 8.60. The average molecular weight is 461 g/mol. The van der Waals surface area contributed by atoms with Gasteiger partial charge in [-0.3, -0.25) is 9.29 Å². The van der Waals surface area contributed by atoms with E-state index in [-0.39, 0.29) is 26.3 Å². The number of rotatable bonds is 5. The number of pyridine rings is 1. The van der Waals surface area contributed by atoms with E-state index in [1.807, 2.05) is 0 Å². The number of alkyl halides is 3. The molecule has 2 aromatic carbocycles. The zero-order valence-corrected chi connectivity index (χ0v) is 16.9. The van der Waals surface area contributed by atoms with Crippen LogP contribution in [0.1, 0.15) is 11.3 Å². The standard InChI is InChI=1S/C19H13Cl2F3N2O2S/c20-15-8-4-5-9-18(15)26(29(27,28)14-6-2-1-3-7-14)12-17-16(21)10-13(11-25-17)19(22,23)24/h1-11H,12H2. The fourth-order valence-corrected chi connectivity index (χ4v) is 4.53. The Morgan fingerprint density at radius 1 is 0.931 bits per heavy atom. The number of benzene rings is 2. The average Bonchev–Trinajstić information content (AvgIpc) is 2.67. The van der Waals surface area contributed by atoms with Crippen molar-refractivity contribution in [3.05, 3.63) is 88.2 Å². The summed E-state index contributed by atoms with van der Waals surface area (Å²) in [5, 5.41) is -0.157. The molecule has 0 N–H and O–H groups in total. The molecule has 0 aliphatic rings. The van der Waals surface area contributed by atoms with Crippen LogP contribution in [-0.2, 0) is 22.7 Å². The van der Waals surface area contributed by atoms with Crippen molar-refractivity contribution >= 4 is 38.9 Å². The summed E-state index contributed by atoms with van der Waals surface area (Å²) in [5.41, 5.74) is -0.920. The quantitative estimate of drug-likeness (QED) is 0.483. The molecule has 29 heavy (non-hydrogen) atoms. The zero-order chi connectivity index (χ0) is 21.2. The minimum atomic E-state index is -4.62. The predicted molar refractivity (Wildman–Crippen MR) is 106 cm³/mol. The van der Waals surface area contributed by atoms with Gasteiger partial charge in [-0.25, -0.2) is 8.42 Å². The van der Waals surface area contributed by atoms with Gasteiger partial charge in [-0.15, -0.1) is 0 Å². The lowest BCUT2D eigenvalue weighted by Crippen LogP contribution is -2.31. The van der Waals surface area contributed by atoms with Crippen LogP contribution in [0.4, 0.5) is 18.9 Å². The molecule has 0 saturated carbocycles. The molecule has 0 radical (unpaired) electrons. The van der Waals surface area contributed by atoms with Crippen LogP contribution in [0.25, 0.3) is 0 Å². The fourth-order valence-electron chi connectivity index (χ4n) is 2.55. The first-order valence-corrected chi connectivity index (χ1v) is 10.3. The Morgan fingerprint density at radius 2 is 1.55 bits per heavy atom. The van der Waals surface area contributed by atoms with Crippen molar-refractivity contribution in [3.8, 4) is 0 Å². The molecule has 0 amide bonds. The molecule has 1 heterocycles. The second-order valence-electron chi connectivity index (χ2n) is 5.93. The van der Waals surface area contributed by atoms with Crippen molar-refractivity contribution in [2.75, 3.05) is 4.31 Å². The molecule has 0 unspecified atom stereocenters. The highest BCUT2D eigenvalue weighted by atomic mass is 35.5. The van der Waals surface area contributed by atoms with Gasteiger partial charge in [-0.05, 0) is 30.3 Å². The molecule has 0 atom stereocenters. The van der Waals surface area contributed by atoms with Crippen molar-refractivity contribution in [3.63, 3.8) is 0 Å². The first-order valence-electron chi connectivity index (χ1n) is 8.14. The maximum atomic E-state index is 13.2. The van der Waals surface area contributed by atoms with Gasteiger partial charge in [0.15, 0.2) is 0 Å². The topological polar surface area (TPSA) is 50.3 Å². The maximum Gasteiger partial charge on any atom is 0.417 e. The van der Waals surface area contributed by atoms with E-state index in [9.17, 15) is 21.6 Å². The molecule has 0 spiro atoms. The minimum Gasteiger partial charge on any atom is -0.259 e. The van der Waals surface area contributed by atoms with Crippen LogP contribution < -0.4 is 4.31 Å². The van der Waals surface area contributed by atoms with Crippen LogP contribution in [0.2, 0.25) is 10.0 Å². The molecule has 0 aliphatic heterocycles. The largest absolute Gasteiger partial charge is 0.417 e. The van der Waals surface area contributed by atoms with Gasteiger partial charge in [0.2, 0.25) is 0 Å². The van der Waals surface area contributed by atoms with Gasteiger partial charge < -0.3 is 0 Å². The van der Waals surface area contributed by atoms with Crippen LogP contribution in [0, 0.1) is 0 Å². The summed E-state index contributed by atoms with van der Waals surface area (Å²) in [4.78, 5) is 3.73. The Bertz CT molecular complexity index is 1120. The van der Waals surface area contributed by atoms with Gasteiger partial charge in [0, 0.05) is 6.20 Å². The molecular formula is C19H13Cl2F3N2O2S. The van der Waals surface area contributed by atoms with Crippen molar-refractivity contribution in [2.45, 2.75) is 17.6 Å². The Morgan fingerprint density at radius 3 is 2.14 bits per heavy atom. The monoisotopic (exact) mass is 460 g/mol. The molecule has 3 rings (SSSR count). The van der Waals surface area contributed by atoms with E-state index in [0.29, 0.717) is 12.3 Å². The van der Waals surface area contributed by atoms with E-state index in [1.165, 1.54) is 24.3 Å². The third-order valence-corrected chi connectivity index (χ3v) is 6.41. The third-order valence-electron chi connectivity index (χ3n) is 3.99. The number of para-hydroxylation sites is 1. The van der Waals surface area contributed by atoms with Crippen molar-refractivity contribution < 1.29 is 21.6 Å². The predicted octanol–water partition coefficient (Wildman–Crippen LogP) is 5.80. The van der Waals surface area contributed by atoms with Crippen molar-refractivity contribution in [2.24, 2.45) is 0 Å². The summed E-state index contributed by atoms with van der Waals surface area (Å²) in [5.74, 6) is 0. The molecule has 152 valence electrons. The summed E-state index contributed by atoms with van der Waals surface area (Å²) in [7, 11) is -4.10. The Balaban J connectivity index is 2.10. The van der Waals surface area contributed by atoms with Crippen LogP contribution in [0.3, 0.4) is 0 Å². The number of sulfonamides is 1. The van der Waals surface area contributed by atoms with E-state index < -0.39 is 28.3 Å². The van der Waals surface area contributed by atoms with E-state index >= 15 is 0 Å². The normalized spacial score (nSPS) is 12.0. The van der Waals surface area contributed by atoms with Gasteiger partial charge in [-0.1, -0.05) is 53.5 Å². The van der Waals surface area contributed by atoms with Gasteiger partial charge >= 0.3 is 6.18 Å². The summed E-state index contributed by atoms with van der Waals surface area (Å²) < 4.78 is 66.1. The maximum absolute atomic E-state index is 13.2. The Hall–Kier alpha value is -2.29. The summed E-state index contributed by atoms with van der Waals surface area (Å²) in [6, 6.07) is 14.5. The van der Waals surface area contributed by atoms with E-state index in [1.54, 1.807) is 30.3 Å². The van der Waals surface area contributed by atoms with Crippen LogP contribution >= 0.6 is 23.2 Å². The molecule has 0 aliphatic carbocycles. The molecular weight excluding hydrogens is 448 g/mol.